The molecule has 1 saturated carbocycles. The molecular weight excluding hydrogens is 474 g/mol. The summed E-state index contributed by atoms with van der Waals surface area (Å²) >= 11 is 7.44. The number of ether oxygens (including phenoxy) is 1. The van der Waals surface area contributed by atoms with Crippen molar-refractivity contribution in [1.82, 2.24) is 19.3 Å². The van der Waals surface area contributed by atoms with Crippen LogP contribution in [0.15, 0.2) is 53.7 Å². The van der Waals surface area contributed by atoms with E-state index in [1.165, 1.54) is 16.0 Å². The van der Waals surface area contributed by atoms with Crippen molar-refractivity contribution in [1.29, 1.82) is 0 Å². The second kappa shape index (κ2) is 9.25. The Balaban J connectivity index is 1.53. The van der Waals surface area contributed by atoms with Gasteiger partial charge in [0.2, 0.25) is 0 Å². The number of nitrogens with zero attached hydrogens (tertiary/aromatic N) is 4. The molecule has 3 heterocycles. The quantitative estimate of drug-likeness (QED) is 0.367. The fraction of sp³-hybridized carbons (Fsp3) is 0.292. The van der Waals surface area contributed by atoms with Gasteiger partial charge in [-0.2, -0.15) is 5.10 Å². The van der Waals surface area contributed by atoms with E-state index in [0.29, 0.717) is 27.4 Å². The van der Waals surface area contributed by atoms with Crippen LogP contribution in [-0.4, -0.2) is 38.2 Å². The highest BCUT2D eigenvalue weighted by Gasteiger charge is 2.29. The van der Waals surface area contributed by atoms with Crippen LogP contribution in [0, 0.1) is 6.92 Å². The molecule has 1 fully saturated rings. The lowest BCUT2D eigenvalue weighted by molar-refractivity contribution is 0.238. The second-order valence-corrected chi connectivity index (χ2v) is 10.0. The van der Waals surface area contributed by atoms with Crippen molar-refractivity contribution < 1.29 is 9.84 Å². The van der Waals surface area contributed by atoms with Crippen LogP contribution < -0.4 is 15.6 Å². The van der Waals surface area contributed by atoms with Crippen molar-refractivity contribution in [3.63, 3.8) is 0 Å². The summed E-state index contributed by atoms with van der Waals surface area (Å²) in [5, 5.41) is 18.0. The van der Waals surface area contributed by atoms with Crippen LogP contribution >= 0.6 is 22.9 Å². The lowest BCUT2D eigenvalue weighted by atomic mass is 10.2. The van der Waals surface area contributed by atoms with E-state index in [1.807, 2.05) is 48.0 Å². The first kappa shape index (κ1) is 22.6. The van der Waals surface area contributed by atoms with Crippen molar-refractivity contribution in [3.8, 4) is 11.4 Å². The van der Waals surface area contributed by atoms with E-state index < -0.39 is 6.04 Å². The van der Waals surface area contributed by atoms with E-state index >= 15 is 0 Å². The summed E-state index contributed by atoms with van der Waals surface area (Å²) in [6.07, 6.45) is 5.72. The number of aromatic nitrogens is 4. The molecule has 10 heteroatoms. The number of benzene rings is 1. The van der Waals surface area contributed by atoms with E-state index in [0.717, 1.165) is 34.8 Å². The molecule has 0 radical (unpaired) electrons. The van der Waals surface area contributed by atoms with Gasteiger partial charge in [0.1, 0.15) is 17.5 Å². The topological polar surface area (TPSA) is 94.2 Å². The normalized spacial score (nSPS) is 14.2. The fourth-order valence-electron chi connectivity index (χ4n) is 3.88. The number of thiophene rings is 1. The molecule has 0 saturated heterocycles. The van der Waals surface area contributed by atoms with E-state index in [1.54, 1.807) is 19.5 Å². The van der Waals surface area contributed by atoms with Gasteiger partial charge >= 0.3 is 0 Å². The molecule has 0 aliphatic heterocycles. The summed E-state index contributed by atoms with van der Waals surface area (Å²) in [4.78, 5) is 18.5. The Labute approximate surface area is 205 Å². The molecule has 0 bridgehead atoms. The summed E-state index contributed by atoms with van der Waals surface area (Å²) in [6, 6.07) is 10.4. The molecule has 5 rings (SSSR count). The molecule has 0 amide bonds. The molecule has 3 aromatic heterocycles. The molecule has 0 unspecified atom stereocenters. The maximum Gasteiger partial charge on any atom is 0.291 e. The van der Waals surface area contributed by atoms with E-state index in [9.17, 15) is 9.90 Å². The first-order valence-electron chi connectivity index (χ1n) is 10.9. The number of imidazole rings is 1. The summed E-state index contributed by atoms with van der Waals surface area (Å²) in [5.41, 5.74) is 3.36. The lowest BCUT2D eigenvalue weighted by Crippen LogP contribution is -2.31. The molecule has 4 aromatic rings. The van der Waals surface area contributed by atoms with E-state index in [4.69, 9.17) is 16.3 Å². The van der Waals surface area contributed by atoms with Gasteiger partial charge in [-0.1, -0.05) is 11.6 Å². The standard InChI is InChI=1S/C24H24ClN5O3S/c1-14-11-29(13-26-14)19-6-5-16(9-21(19)33-2)27-18-10-17(15-3-4-15)28-30(24(18)32)20(12-31)22-7-8-23(25)34-22/h5-11,13,15,20,27,31H,3-4,12H2,1-2H3/t20-/m0/s1. The average molecular weight is 498 g/mol. The lowest BCUT2D eigenvalue weighted by Gasteiger charge is -2.18. The van der Waals surface area contributed by atoms with Gasteiger partial charge in [-0.15, -0.1) is 11.3 Å². The Kier molecular flexibility index (Phi) is 6.16. The number of rotatable bonds is 8. The maximum atomic E-state index is 13.4. The molecule has 1 aliphatic carbocycles. The van der Waals surface area contributed by atoms with Gasteiger partial charge < -0.3 is 19.7 Å². The average Bonchev–Trinajstić information content (AvgIpc) is 3.46. The third kappa shape index (κ3) is 4.46. The SMILES string of the molecule is COc1cc(Nc2cc(C3CC3)nn([C@@H](CO)c3ccc(Cl)s3)c2=O)ccc1-n1cnc(C)c1. The number of anilines is 2. The van der Waals surface area contributed by atoms with Crippen LogP contribution in [0.3, 0.4) is 0 Å². The summed E-state index contributed by atoms with van der Waals surface area (Å²) in [5.74, 6) is 0.959. The number of halogens is 1. The Morgan fingerprint density at radius 1 is 1.29 bits per heavy atom. The third-order valence-electron chi connectivity index (χ3n) is 5.79. The summed E-state index contributed by atoms with van der Waals surface area (Å²) < 4.78 is 9.46. The summed E-state index contributed by atoms with van der Waals surface area (Å²) in [7, 11) is 1.61. The van der Waals surface area contributed by atoms with Crippen LogP contribution in [0.1, 0.15) is 41.1 Å². The highest BCUT2D eigenvalue weighted by Crippen LogP contribution is 2.40. The molecule has 8 nitrogen and oxygen atoms in total. The number of aliphatic hydroxyl groups is 1. The number of aryl methyl sites for hydroxylation is 1. The molecule has 0 spiro atoms. The van der Waals surface area contributed by atoms with E-state index in [-0.39, 0.29) is 12.2 Å². The van der Waals surface area contributed by atoms with Gasteiger partial charge in [0.05, 0.1) is 41.5 Å². The fourth-order valence-corrected chi connectivity index (χ4v) is 5.02. The minimum atomic E-state index is -0.606. The monoisotopic (exact) mass is 497 g/mol. The molecule has 2 N–H and O–H groups in total. The molecular formula is C24H24ClN5O3S. The molecule has 1 aromatic carbocycles. The number of hydrogen-bond acceptors (Lipinski definition) is 7. The van der Waals surface area contributed by atoms with Crippen LogP contribution in [0.25, 0.3) is 5.69 Å². The van der Waals surface area contributed by atoms with Crippen molar-refractivity contribution >= 4 is 34.3 Å². The van der Waals surface area contributed by atoms with Crippen molar-refractivity contribution in [2.24, 2.45) is 0 Å². The van der Waals surface area contributed by atoms with Crippen LogP contribution in [0.2, 0.25) is 4.34 Å². The van der Waals surface area contributed by atoms with Gasteiger partial charge in [0.25, 0.3) is 5.56 Å². The predicted molar refractivity (Wildman–Crippen MR) is 133 cm³/mol. The van der Waals surface area contributed by atoms with Crippen LogP contribution in [0.4, 0.5) is 11.4 Å². The molecule has 1 atom stereocenters. The Bertz CT molecular complexity index is 1390. The van der Waals surface area contributed by atoms with Gasteiger partial charge in [-0.05, 0) is 50.1 Å². The first-order chi connectivity index (χ1) is 16.5. The zero-order valence-corrected chi connectivity index (χ0v) is 20.3. The van der Waals surface area contributed by atoms with Crippen molar-refractivity contribution in [3.05, 3.63) is 79.9 Å². The van der Waals surface area contributed by atoms with E-state index in [2.05, 4.69) is 15.4 Å². The number of methoxy groups -OCH3 is 1. The smallest absolute Gasteiger partial charge is 0.291 e. The molecule has 34 heavy (non-hydrogen) atoms. The van der Waals surface area contributed by atoms with Crippen LogP contribution in [-0.2, 0) is 0 Å². The van der Waals surface area contributed by atoms with Crippen molar-refractivity contribution in [2.75, 3.05) is 19.0 Å². The number of hydrogen-bond donors (Lipinski definition) is 2. The van der Waals surface area contributed by atoms with Crippen LogP contribution in [0.5, 0.6) is 5.75 Å². The first-order valence-corrected chi connectivity index (χ1v) is 12.1. The van der Waals surface area contributed by atoms with Gasteiger partial charge in [0.15, 0.2) is 0 Å². The third-order valence-corrected chi connectivity index (χ3v) is 7.12. The second-order valence-electron chi connectivity index (χ2n) is 8.28. The molecule has 176 valence electrons. The Hall–Kier alpha value is -3.14. The maximum absolute atomic E-state index is 13.4. The highest BCUT2D eigenvalue weighted by atomic mass is 35.5. The molecule has 1 aliphatic rings. The van der Waals surface area contributed by atoms with Gasteiger partial charge in [0, 0.05) is 28.7 Å². The van der Waals surface area contributed by atoms with Gasteiger partial charge in [-0.3, -0.25) is 4.79 Å². The largest absolute Gasteiger partial charge is 0.494 e. The number of aliphatic hydroxyl groups excluding tert-OH is 1. The zero-order valence-electron chi connectivity index (χ0n) is 18.7. The Morgan fingerprint density at radius 3 is 2.74 bits per heavy atom. The highest BCUT2D eigenvalue weighted by molar-refractivity contribution is 7.16. The van der Waals surface area contributed by atoms with Crippen molar-refractivity contribution in [2.45, 2.75) is 31.7 Å². The predicted octanol–water partition coefficient (Wildman–Crippen LogP) is 4.66. The summed E-state index contributed by atoms with van der Waals surface area (Å²) in [6.45, 7) is 1.67. The van der Waals surface area contributed by atoms with Gasteiger partial charge in [-0.25, -0.2) is 9.67 Å². The number of nitrogens with one attached hydrogen (secondary N) is 1. The minimum Gasteiger partial charge on any atom is -0.494 e. The Morgan fingerprint density at radius 2 is 2.12 bits per heavy atom. The zero-order chi connectivity index (χ0) is 23.8. The minimum absolute atomic E-state index is 0.260.